The minimum Gasteiger partial charge on any atom is -0.281 e. The molecule has 0 aliphatic carbocycles. The van der Waals surface area contributed by atoms with Crippen LogP contribution in [-0.2, 0) is 0 Å². The van der Waals surface area contributed by atoms with Crippen LogP contribution in [0.1, 0.15) is 0 Å². The van der Waals surface area contributed by atoms with Crippen LogP contribution in [0.2, 0.25) is 0 Å². The molecule has 0 bridgehead atoms. The number of hydrogen-bond donors (Lipinski definition) is 0. The predicted octanol–water partition coefficient (Wildman–Crippen LogP) is 1.72. The molecule has 3 heterocycles. The minimum atomic E-state index is -0.482. The zero-order chi connectivity index (χ0) is 12.5. The molecule has 0 radical (unpaired) electrons. The topological polar surface area (TPSA) is 86.7 Å². The molecule has 0 aromatic carbocycles. The molecular weight excluding hydrogens is 234 g/mol. The molecule has 0 amide bonds. The van der Waals surface area contributed by atoms with E-state index in [2.05, 4.69) is 15.0 Å². The van der Waals surface area contributed by atoms with E-state index in [1.165, 1.54) is 12.3 Å². The van der Waals surface area contributed by atoms with E-state index in [1.807, 2.05) is 6.07 Å². The highest BCUT2D eigenvalue weighted by Gasteiger charge is 2.09. The number of aromatic nitrogens is 4. The zero-order valence-corrected chi connectivity index (χ0v) is 9.09. The van der Waals surface area contributed by atoms with Crippen molar-refractivity contribution in [3.63, 3.8) is 0 Å². The molecule has 7 nitrogen and oxygen atoms in total. The summed E-state index contributed by atoms with van der Waals surface area (Å²) in [5, 5.41) is 10.5. The molecule has 7 heteroatoms. The first-order chi connectivity index (χ1) is 8.75. The van der Waals surface area contributed by atoms with Crippen molar-refractivity contribution in [3.05, 3.63) is 53.1 Å². The first kappa shape index (κ1) is 10.3. The summed E-state index contributed by atoms with van der Waals surface area (Å²) in [6.45, 7) is 0. The van der Waals surface area contributed by atoms with Crippen LogP contribution < -0.4 is 0 Å². The third-order valence-corrected chi connectivity index (χ3v) is 2.51. The van der Waals surface area contributed by atoms with Crippen molar-refractivity contribution >= 4 is 16.9 Å². The predicted molar refractivity (Wildman–Crippen MR) is 63.3 cm³/mol. The molecule has 0 N–H and O–H groups in total. The van der Waals surface area contributed by atoms with E-state index in [9.17, 15) is 10.1 Å². The van der Waals surface area contributed by atoms with Crippen LogP contribution in [-0.4, -0.2) is 24.4 Å². The molecule has 3 aromatic rings. The van der Waals surface area contributed by atoms with Crippen molar-refractivity contribution in [3.8, 4) is 5.82 Å². The maximum absolute atomic E-state index is 10.5. The van der Waals surface area contributed by atoms with Crippen LogP contribution in [0.15, 0.2) is 43.0 Å². The third-order valence-electron chi connectivity index (χ3n) is 2.51. The van der Waals surface area contributed by atoms with Gasteiger partial charge in [0, 0.05) is 12.3 Å². The van der Waals surface area contributed by atoms with Crippen LogP contribution in [0, 0.1) is 10.1 Å². The zero-order valence-electron chi connectivity index (χ0n) is 9.09. The van der Waals surface area contributed by atoms with E-state index >= 15 is 0 Å². The van der Waals surface area contributed by atoms with Gasteiger partial charge in [0.25, 0.3) is 5.69 Å². The van der Waals surface area contributed by atoms with Gasteiger partial charge in [-0.25, -0.2) is 15.0 Å². The van der Waals surface area contributed by atoms with E-state index in [4.69, 9.17) is 0 Å². The average molecular weight is 241 g/mol. The van der Waals surface area contributed by atoms with Gasteiger partial charge in [0.2, 0.25) is 0 Å². The second-order valence-corrected chi connectivity index (χ2v) is 3.59. The molecule has 0 saturated carbocycles. The lowest BCUT2D eigenvalue weighted by Gasteiger charge is -2.01. The van der Waals surface area contributed by atoms with Crippen molar-refractivity contribution < 1.29 is 4.92 Å². The molecule has 3 rings (SSSR count). The Labute approximate surface area is 101 Å². The fraction of sp³-hybridized carbons (Fsp3) is 0. The first-order valence-electron chi connectivity index (χ1n) is 5.14. The molecule has 88 valence electrons. The fourth-order valence-corrected chi connectivity index (χ4v) is 1.66. The highest BCUT2D eigenvalue weighted by molar-refractivity contribution is 5.72. The van der Waals surface area contributed by atoms with Crippen molar-refractivity contribution in [2.75, 3.05) is 0 Å². The van der Waals surface area contributed by atoms with E-state index < -0.39 is 4.92 Å². The Morgan fingerprint density at radius 2 is 2.06 bits per heavy atom. The number of hydrogen-bond acceptors (Lipinski definition) is 5. The Morgan fingerprint density at radius 3 is 2.78 bits per heavy atom. The first-order valence-corrected chi connectivity index (χ1v) is 5.14. The number of nitrogens with zero attached hydrogens (tertiary/aromatic N) is 5. The Morgan fingerprint density at radius 1 is 1.17 bits per heavy atom. The lowest BCUT2D eigenvalue weighted by Crippen LogP contribution is -1.97. The Bertz CT molecular complexity index is 720. The molecule has 0 saturated heterocycles. The quantitative estimate of drug-likeness (QED) is 0.503. The van der Waals surface area contributed by atoms with Crippen LogP contribution >= 0.6 is 0 Å². The molecule has 0 aliphatic rings. The fourth-order valence-electron chi connectivity index (χ4n) is 1.66. The van der Waals surface area contributed by atoms with Gasteiger partial charge in [0.05, 0.1) is 10.4 Å². The summed E-state index contributed by atoms with van der Waals surface area (Å²) in [5.41, 5.74) is 1.37. The van der Waals surface area contributed by atoms with Gasteiger partial charge in [-0.1, -0.05) is 0 Å². The normalized spacial score (nSPS) is 10.7. The average Bonchev–Trinajstić information content (AvgIpc) is 2.82. The molecule has 0 fully saturated rings. The molecule has 0 aliphatic heterocycles. The monoisotopic (exact) mass is 241 g/mol. The largest absolute Gasteiger partial charge is 0.287 e. The summed E-state index contributed by atoms with van der Waals surface area (Å²) in [5.74, 6) is 0.566. The number of fused-ring (bicyclic) bond motifs is 1. The van der Waals surface area contributed by atoms with E-state index in [0.717, 1.165) is 5.52 Å². The van der Waals surface area contributed by atoms with Crippen LogP contribution in [0.5, 0.6) is 0 Å². The number of nitro groups is 1. The Kier molecular flexibility index (Phi) is 2.23. The molecule has 3 aromatic heterocycles. The summed E-state index contributed by atoms with van der Waals surface area (Å²) < 4.78 is 1.73. The number of rotatable bonds is 2. The van der Waals surface area contributed by atoms with Crippen LogP contribution in [0.4, 0.5) is 5.69 Å². The molecule has 0 spiro atoms. The highest BCUT2D eigenvalue weighted by Crippen LogP contribution is 2.16. The van der Waals surface area contributed by atoms with Gasteiger partial charge in [0.15, 0.2) is 5.65 Å². The summed E-state index contributed by atoms with van der Waals surface area (Å²) >= 11 is 0. The molecule has 0 atom stereocenters. The van der Waals surface area contributed by atoms with Gasteiger partial charge in [0.1, 0.15) is 18.3 Å². The lowest BCUT2D eigenvalue weighted by molar-refractivity contribution is -0.385. The highest BCUT2D eigenvalue weighted by atomic mass is 16.6. The summed E-state index contributed by atoms with van der Waals surface area (Å²) in [6, 6.07) is 6.64. The van der Waals surface area contributed by atoms with Crippen LogP contribution in [0.3, 0.4) is 0 Å². The summed E-state index contributed by atoms with van der Waals surface area (Å²) in [7, 11) is 0. The SMILES string of the molecule is O=[N+]([O-])c1ccc(-n2cnc3ncccc32)nc1. The smallest absolute Gasteiger partial charge is 0.281 e. The van der Waals surface area contributed by atoms with Gasteiger partial charge in [-0.2, -0.15) is 0 Å². The summed E-state index contributed by atoms with van der Waals surface area (Å²) in [6.07, 6.45) is 4.46. The maximum atomic E-state index is 10.5. The number of imidazole rings is 1. The van der Waals surface area contributed by atoms with Gasteiger partial charge < -0.3 is 0 Å². The molecule has 0 unspecified atom stereocenters. The Hall–Kier alpha value is -2.83. The summed E-state index contributed by atoms with van der Waals surface area (Å²) in [4.78, 5) is 22.3. The standard InChI is InChI=1S/C11H7N5O2/c17-16(18)8-3-4-10(13-6-8)15-7-14-11-9(15)2-1-5-12-11/h1-7H. The van der Waals surface area contributed by atoms with Crippen molar-refractivity contribution in [1.82, 2.24) is 19.5 Å². The van der Waals surface area contributed by atoms with Gasteiger partial charge >= 0.3 is 0 Å². The number of pyridine rings is 2. The maximum Gasteiger partial charge on any atom is 0.287 e. The van der Waals surface area contributed by atoms with E-state index in [1.54, 1.807) is 29.2 Å². The van der Waals surface area contributed by atoms with Gasteiger partial charge in [-0.05, 0) is 18.2 Å². The van der Waals surface area contributed by atoms with E-state index in [0.29, 0.717) is 11.5 Å². The van der Waals surface area contributed by atoms with E-state index in [-0.39, 0.29) is 5.69 Å². The third kappa shape index (κ3) is 1.58. The second-order valence-electron chi connectivity index (χ2n) is 3.59. The Balaban J connectivity index is 2.12. The van der Waals surface area contributed by atoms with Crippen molar-refractivity contribution in [2.45, 2.75) is 0 Å². The molecule has 18 heavy (non-hydrogen) atoms. The van der Waals surface area contributed by atoms with Gasteiger partial charge in [-0.3, -0.25) is 14.7 Å². The van der Waals surface area contributed by atoms with Gasteiger partial charge in [-0.15, -0.1) is 0 Å². The minimum absolute atomic E-state index is 0.0405. The lowest BCUT2D eigenvalue weighted by atomic mass is 10.4. The van der Waals surface area contributed by atoms with Crippen LogP contribution in [0.25, 0.3) is 17.0 Å². The molecular formula is C11H7N5O2. The van der Waals surface area contributed by atoms with Crippen molar-refractivity contribution in [2.24, 2.45) is 0 Å². The second kappa shape index (κ2) is 3.88. The van der Waals surface area contributed by atoms with Crippen molar-refractivity contribution in [1.29, 1.82) is 0 Å².